The van der Waals surface area contributed by atoms with Crippen LogP contribution in [0.5, 0.6) is 0 Å². The lowest BCUT2D eigenvalue weighted by Gasteiger charge is -2.11. The molecule has 96 valence electrons. The molecule has 0 saturated carbocycles. The van der Waals surface area contributed by atoms with Crippen LogP contribution in [0.15, 0.2) is 28.4 Å². The lowest BCUT2D eigenvalue weighted by molar-refractivity contribution is 0.0640. The molecule has 0 bridgehead atoms. The van der Waals surface area contributed by atoms with Gasteiger partial charge in [0.15, 0.2) is 0 Å². The number of carbonyl (C=O) groups is 2. The molecule has 0 atom stereocenters. The number of nitrogens with one attached hydrogen (secondary N) is 1. The van der Waals surface area contributed by atoms with Gasteiger partial charge in [-0.1, -0.05) is 11.3 Å². The first-order valence-electron chi connectivity index (χ1n) is 5.48. The molecule has 2 heterocycles. The van der Waals surface area contributed by atoms with Crippen molar-refractivity contribution in [3.05, 3.63) is 50.1 Å². The number of aromatic amines is 1. The summed E-state index contributed by atoms with van der Waals surface area (Å²) in [6.07, 6.45) is 0. The Morgan fingerprint density at radius 2 is 1.89 bits per heavy atom. The molecule has 7 heteroatoms. The number of anilines is 1. The minimum Gasteiger partial charge on any atom is -0.399 e. The molecule has 0 aliphatic carbocycles. The Balaban J connectivity index is 1.96. The smallest absolute Gasteiger partial charge is 0.304 e. The first kappa shape index (κ1) is 11.7. The van der Waals surface area contributed by atoms with Crippen molar-refractivity contribution in [3.63, 3.8) is 0 Å². The number of H-pyrrole nitrogens is 1. The van der Waals surface area contributed by atoms with Crippen molar-refractivity contribution in [1.29, 1.82) is 0 Å². The second-order valence-electron chi connectivity index (χ2n) is 4.17. The highest BCUT2D eigenvalue weighted by atomic mass is 32.1. The van der Waals surface area contributed by atoms with Crippen LogP contribution in [0.3, 0.4) is 0 Å². The number of nitrogen functional groups attached to an aromatic ring is 1. The number of nitrogens with two attached hydrogens (primary N) is 1. The van der Waals surface area contributed by atoms with Crippen LogP contribution in [0.1, 0.15) is 26.4 Å². The van der Waals surface area contributed by atoms with Crippen molar-refractivity contribution < 1.29 is 9.59 Å². The number of fused-ring (bicyclic) bond motifs is 1. The largest absolute Gasteiger partial charge is 0.399 e. The van der Waals surface area contributed by atoms with Gasteiger partial charge in [-0.05, 0) is 18.2 Å². The molecule has 0 saturated heterocycles. The Labute approximate surface area is 111 Å². The Hall–Kier alpha value is -2.41. The van der Waals surface area contributed by atoms with Crippen LogP contribution in [-0.4, -0.2) is 21.7 Å². The Morgan fingerprint density at radius 1 is 1.16 bits per heavy atom. The fourth-order valence-electron chi connectivity index (χ4n) is 2.01. The first-order chi connectivity index (χ1) is 9.06. The molecule has 1 aromatic carbocycles. The molecular weight excluding hydrogens is 266 g/mol. The maximum absolute atomic E-state index is 12.1. The van der Waals surface area contributed by atoms with Crippen molar-refractivity contribution in [2.24, 2.45) is 0 Å². The van der Waals surface area contributed by atoms with Crippen LogP contribution >= 0.6 is 11.3 Å². The SMILES string of the molecule is Nc1ccc2c(c1)C(=O)N(Cc1csc(=O)[nH]1)C2=O. The van der Waals surface area contributed by atoms with Gasteiger partial charge in [0.2, 0.25) is 0 Å². The fourth-order valence-corrected chi connectivity index (χ4v) is 2.59. The van der Waals surface area contributed by atoms with Gasteiger partial charge in [-0.2, -0.15) is 0 Å². The third kappa shape index (κ3) is 1.84. The van der Waals surface area contributed by atoms with E-state index < -0.39 is 0 Å². The third-order valence-electron chi connectivity index (χ3n) is 2.89. The van der Waals surface area contributed by atoms with E-state index in [1.807, 2.05) is 0 Å². The number of imide groups is 1. The summed E-state index contributed by atoms with van der Waals surface area (Å²) in [6, 6.07) is 4.62. The zero-order valence-electron chi connectivity index (χ0n) is 9.67. The standard InChI is InChI=1S/C12H9N3O3S/c13-6-1-2-8-9(3-6)11(17)15(10(8)16)4-7-5-19-12(18)14-7/h1-3,5H,4,13H2,(H,14,18). The highest BCUT2D eigenvalue weighted by Gasteiger charge is 2.35. The molecule has 1 aliphatic heterocycles. The average Bonchev–Trinajstić information content (AvgIpc) is 2.88. The molecule has 19 heavy (non-hydrogen) atoms. The van der Waals surface area contributed by atoms with Gasteiger partial charge in [-0.15, -0.1) is 0 Å². The number of benzene rings is 1. The molecule has 0 fully saturated rings. The number of thiazole rings is 1. The van der Waals surface area contributed by atoms with Gasteiger partial charge in [0.1, 0.15) is 0 Å². The maximum Gasteiger partial charge on any atom is 0.304 e. The number of aromatic nitrogens is 1. The minimum absolute atomic E-state index is 0.0605. The summed E-state index contributed by atoms with van der Waals surface area (Å²) >= 11 is 0.996. The van der Waals surface area contributed by atoms with Gasteiger partial charge in [0.05, 0.1) is 17.7 Å². The van der Waals surface area contributed by atoms with Crippen LogP contribution in [0, 0.1) is 0 Å². The van der Waals surface area contributed by atoms with Crippen molar-refractivity contribution in [3.8, 4) is 0 Å². The lowest BCUT2D eigenvalue weighted by Crippen LogP contribution is -2.29. The summed E-state index contributed by atoms with van der Waals surface area (Å²) in [5, 5.41) is 1.60. The second-order valence-corrected chi connectivity index (χ2v) is 5.02. The lowest BCUT2D eigenvalue weighted by atomic mass is 10.1. The van der Waals surface area contributed by atoms with Crippen LogP contribution in [0.2, 0.25) is 0 Å². The molecule has 3 N–H and O–H groups in total. The minimum atomic E-state index is -0.389. The number of carbonyl (C=O) groups excluding carboxylic acids is 2. The number of hydrogen-bond acceptors (Lipinski definition) is 5. The van der Waals surface area contributed by atoms with Crippen LogP contribution < -0.4 is 10.6 Å². The summed E-state index contributed by atoms with van der Waals surface area (Å²) in [5.74, 6) is -0.758. The zero-order chi connectivity index (χ0) is 13.6. The van der Waals surface area contributed by atoms with Crippen LogP contribution in [0.25, 0.3) is 0 Å². The number of hydrogen-bond donors (Lipinski definition) is 2. The van der Waals surface area contributed by atoms with E-state index >= 15 is 0 Å². The van der Waals surface area contributed by atoms with Gasteiger partial charge >= 0.3 is 4.87 Å². The van der Waals surface area contributed by atoms with E-state index in [4.69, 9.17) is 5.73 Å². The van der Waals surface area contributed by atoms with E-state index in [0.717, 1.165) is 16.2 Å². The summed E-state index contributed by atoms with van der Waals surface area (Å²) in [5.41, 5.74) is 7.24. The van der Waals surface area contributed by atoms with Gasteiger partial charge in [-0.3, -0.25) is 19.3 Å². The fraction of sp³-hybridized carbons (Fsp3) is 0.0833. The van der Waals surface area contributed by atoms with E-state index in [-0.39, 0.29) is 23.2 Å². The molecular formula is C12H9N3O3S. The Kier molecular flexibility index (Phi) is 2.49. The molecule has 6 nitrogen and oxygen atoms in total. The predicted molar refractivity (Wildman–Crippen MR) is 70.0 cm³/mol. The maximum atomic E-state index is 12.1. The van der Waals surface area contributed by atoms with Gasteiger partial charge in [0.25, 0.3) is 11.8 Å². The topological polar surface area (TPSA) is 96.3 Å². The molecule has 0 unspecified atom stereocenters. The second kappa shape index (κ2) is 4.06. The zero-order valence-corrected chi connectivity index (χ0v) is 10.5. The third-order valence-corrected chi connectivity index (χ3v) is 3.61. The molecule has 1 aromatic heterocycles. The molecule has 1 aliphatic rings. The van der Waals surface area contributed by atoms with Crippen molar-refractivity contribution >= 4 is 28.8 Å². The summed E-state index contributed by atoms with van der Waals surface area (Å²) in [6.45, 7) is 0.0605. The monoisotopic (exact) mass is 275 g/mol. The van der Waals surface area contributed by atoms with E-state index in [9.17, 15) is 14.4 Å². The van der Waals surface area contributed by atoms with Crippen molar-refractivity contribution in [2.45, 2.75) is 6.54 Å². The van der Waals surface area contributed by atoms with Gasteiger partial charge < -0.3 is 10.7 Å². The van der Waals surface area contributed by atoms with E-state index in [1.54, 1.807) is 17.5 Å². The molecule has 3 rings (SSSR count). The normalized spacial score (nSPS) is 14.0. The number of rotatable bonds is 2. The molecule has 2 amide bonds. The average molecular weight is 275 g/mol. The van der Waals surface area contributed by atoms with E-state index in [1.165, 1.54) is 6.07 Å². The molecule has 2 aromatic rings. The predicted octanol–water partition coefficient (Wildman–Crippen LogP) is 0.815. The summed E-state index contributed by atoms with van der Waals surface area (Å²) in [4.78, 5) is 38.7. The molecule has 0 radical (unpaired) electrons. The van der Waals surface area contributed by atoms with Gasteiger partial charge in [0, 0.05) is 16.8 Å². The molecule has 0 spiro atoms. The van der Waals surface area contributed by atoms with Crippen LogP contribution in [-0.2, 0) is 6.54 Å². The van der Waals surface area contributed by atoms with Crippen molar-refractivity contribution in [2.75, 3.05) is 5.73 Å². The van der Waals surface area contributed by atoms with E-state index in [2.05, 4.69) is 4.98 Å². The van der Waals surface area contributed by atoms with Crippen molar-refractivity contribution in [1.82, 2.24) is 9.88 Å². The highest BCUT2D eigenvalue weighted by Crippen LogP contribution is 2.25. The Bertz CT molecular complexity index is 747. The Morgan fingerprint density at radius 3 is 2.58 bits per heavy atom. The number of nitrogens with zero attached hydrogens (tertiary/aromatic N) is 1. The van der Waals surface area contributed by atoms with E-state index in [0.29, 0.717) is 22.5 Å². The van der Waals surface area contributed by atoms with Crippen LogP contribution in [0.4, 0.5) is 5.69 Å². The summed E-state index contributed by atoms with van der Waals surface area (Å²) < 4.78 is 0. The quantitative estimate of drug-likeness (QED) is 0.626. The van der Waals surface area contributed by atoms with Gasteiger partial charge in [-0.25, -0.2) is 0 Å². The highest BCUT2D eigenvalue weighted by molar-refractivity contribution is 7.07. The summed E-state index contributed by atoms with van der Waals surface area (Å²) in [7, 11) is 0. The number of amides is 2. The first-order valence-corrected chi connectivity index (χ1v) is 6.36.